The Labute approximate surface area is 100 Å². The average Bonchev–Trinajstić information content (AvgIpc) is 2.12. The molecule has 0 aliphatic heterocycles. The zero-order chi connectivity index (χ0) is 10.6. The van der Waals surface area contributed by atoms with Gasteiger partial charge in [-0.05, 0) is 56.5 Å². The number of hydrogen-bond acceptors (Lipinski definition) is 2. The molecule has 0 saturated carbocycles. The molecule has 0 bridgehead atoms. The molecule has 0 radical (unpaired) electrons. The van der Waals surface area contributed by atoms with Crippen LogP contribution in [0, 0.1) is 11.3 Å². The smallest absolute Gasteiger partial charge is 0.147 e. The van der Waals surface area contributed by atoms with Crippen LogP contribution in [0.25, 0.3) is 0 Å². The van der Waals surface area contributed by atoms with Crippen molar-refractivity contribution in [3.05, 3.63) is 26.6 Å². The highest BCUT2D eigenvalue weighted by molar-refractivity contribution is 9.11. The third-order valence-corrected chi connectivity index (χ3v) is 2.81. The van der Waals surface area contributed by atoms with E-state index in [1.165, 1.54) is 0 Å². The lowest BCUT2D eigenvalue weighted by Crippen LogP contribution is -1.94. The van der Waals surface area contributed by atoms with Crippen molar-refractivity contribution in [2.75, 3.05) is 6.61 Å². The van der Waals surface area contributed by atoms with E-state index < -0.39 is 0 Å². The second-order valence-corrected chi connectivity index (χ2v) is 4.37. The minimum Gasteiger partial charge on any atom is -0.492 e. The summed E-state index contributed by atoms with van der Waals surface area (Å²) in [6.45, 7) is 2.55. The predicted molar refractivity (Wildman–Crippen MR) is 62.3 cm³/mol. The number of benzene rings is 1. The number of hydrogen-bond donors (Lipinski definition) is 0. The molecule has 0 aliphatic carbocycles. The summed E-state index contributed by atoms with van der Waals surface area (Å²) in [7, 11) is 0. The molecule has 1 aromatic carbocycles. The highest BCUT2D eigenvalue weighted by Gasteiger charge is 2.07. The summed E-state index contributed by atoms with van der Waals surface area (Å²) in [5.41, 5.74) is 0.967. The molecule has 0 unspecified atom stereocenters. The SMILES string of the molecule is CCOc1c(Br)cc(CC#N)cc1Br. The van der Waals surface area contributed by atoms with Gasteiger partial charge in [0.15, 0.2) is 0 Å². The van der Waals surface area contributed by atoms with Gasteiger partial charge >= 0.3 is 0 Å². The second-order valence-electron chi connectivity index (χ2n) is 2.66. The first kappa shape index (κ1) is 11.5. The molecule has 0 amide bonds. The summed E-state index contributed by atoms with van der Waals surface area (Å²) in [4.78, 5) is 0. The summed E-state index contributed by atoms with van der Waals surface area (Å²) in [5.74, 6) is 0.786. The molecule has 74 valence electrons. The monoisotopic (exact) mass is 317 g/mol. The second kappa shape index (κ2) is 5.38. The van der Waals surface area contributed by atoms with Gasteiger partial charge in [0.2, 0.25) is 0 Å². The maximum atomic E-state index is 8.56. The zero-order valence-electron chi connectivity index (χ0n) is 7.68. The van der Waals surface area contributed by atoms with E-state index in [1.807, 2.05) is 19.1 Å². The molecule has 1 rings (SSSR count). The van der Waals surface area contributed by atoms with Gasteiger partial charge < -0.3 is 4.74 Å². The van der Waals surface area contributed by atoms with Crippen molar-refractivity contribution in [2.24, 2.45) is 0 Å². The fourth-order valence-electron chi connectivity index (χ4n) is 1.09. The Bertz CT molecular complexity index is 348. The maximum Gasteiger partial charge on any atom is 0.147 e. The van der Waals surface area contributed by atoms with E-state index in [0.717, 1.165) is 20.3 Å². The topological polar surface area (TPSA) is 33.0 Å². The Morgan fingerprint density at radius 2 is 1.93 bits per heavy atom. The van der Waals surface area contributed by atoms with Gasteiger partial charge in [-0.3, -0.25) is 0 Å². The molecule has 4 heteroatoms. The van der Waals surface area contributed by atoms with E-state index >= 15 is 0 Å². The molecule has 14 heavy (non-hydrogen) atoms. The lowest BCUT2D eigenvalue weighted by atomic mass is 10.2. The molecule has 0 heterocycles. The first-order chi connectivity index (χ1) is 6.69. The standard InChI is InChI=1S/C10H9Br2NO/c1-2-14-10-8(11)5-7(3-4-13)6-9(10)12/h5-6H,2-3H2,1H3. The van der Waals surface area contributed by atoms with Crippen molar-refractivity contribution in [3.8, 4) is 11.8 Å². The highest BCUT2D eigenvalue weighted by atomic mass is 79.9. The quantitative estimate of drug-likeness (QED) is 0.851. The molecular formula is C10H9Br2NO. The highest BCUT2D eigenvalue weighted by Crippen LogP contribution is 2.34. The molecule has 0 fully saturated rings. The van der Waals surface area contributed by atoms with Crippen LogP contribution < -0.4 is 4.74 Å². The van der Waals surface area contributed by atoms with Crippen LogP contribution in [-0.4, -0.2) is 6.61 Å². The molecule has 0 N–H and O–H groups in total. The van der Waals surface area contributed by atoms with Crippen molar-refractivity contribution in [3.63, 3.8) is 0 Å². The molecule has 2 nitrogen and oxygen atoms in total. The number of nitrogens with zero attached hydrogens (tertiary/aromatic N) is 1. The molecule has 1 aromatic rings. The Hall–Kier alpha value is -0.530. The Balaban J connectivity index is 3.06. The van der Waals surface area contributed by atoms with Gasteiger partial charge in [0.25, 0.3) is 0 Å². The average molecular weight is 319 g/mol. The summed E-state index contributed by atoms with van der Waals surface area (Å²) < 4.78 is 7.17. The van der Waals surface area contributed by atoms with Gasteiger partial charge in [-0.25, -0.2) is 0 Å². The zero-order valence-corrected chi connectivity index (χ0v) is 10.9. The van der Waals surface area contributed by atoms with Crippen LogP contribution in [0.4, 0.5) is 0 Å². The normalized spacial score (nSPS) is 9.57. The molecule has 0 saturated heterocycles. The number of rotatable bonds is 3. The van der Waals surface area contributed by atoms with E-state index in [0.29, 0.717) is 13.0 Å². The fraction of sp³-hybridized carbons (Fsp3) is 0.300. The number of nitriles is 1. The summed E-state index contributed by atoms with van der Waals surface area (Å²) in [5, 5.41) is 8.56. The van der Waals surface area contributed by atoms with E-state index in [-0.39, 0.29) is 0 Å². The van der Waals surface area contributed by atoms with Crippen molar-refractivity contribution in [2.45, 2.75) is 13.3 Å². The molecule has 0 aromatic heterocycles. The van der Waals surface area contributed by atoms with E-state index in [4.69, 9.17) is 10.00 Å². The van der Waals surface area contributed by atoms with E-state index in [9.17, 15) is 0 Å². The maximum absolute atomic E-state index is 8.56. The van der Waals surface area contributed by atoms with Gasteiger partial charge in [0.1, 0.15) is 5.75 Å². The lowest BCUT2D eigenvalue weighted by molar-refractivity contribution is 0.336. The summed E-state index contributed by atoms with van der Waals surface area (Å²) in [6.07, 6.45) is 0.406. The van der Waals surface area contributed by atoms with Crippen LogP contribution in [0.5, 0.6) is 5.75 Å². The van der Waals surface area contributed by atoms with Crippen LogP contribution in [-0.2, 0) is 6.42 Å². The van der Waals surface area contributed by atoms with Gasteiger partial charge in [0, 0.05) is 0 Å². The van der Waals surface area contributed by atoms with Gasteiger partial charge in [-0.15, -0.1) is 0 Å². The third-order valence-electron chi connectivity index (χ3n) is 1.63. The third kappa shape index (κ3) is 2.73. The van der Waals surface area contributed by atoms with Crippen LogP contribution in [0.2, 0.25) is 0 Å². The fourth-order valence-corrected chi connectivity index (χ4v) is 2.60. The van der Waals surface area contributed by atoms with E-state index in [1.54, 1.807) is 0 Å². The van der Waals surface area contributed by atoms with Gasteiger partial charge in [-0.1, -0.05) is 0 Å². The lowest BCUT2D eigenvalue weighted by Gasteiger charge is -2.09. The first-order valence-electron chi connectivity index (χ1n) is 4.16. The predicted octanol–water partition coefficient (Wildman–Crippen LogP) is 3.68. The molecule has 0 spiro atoms. The minimum absolute atomic E-state index is 0.406. The van der Waals surface area contributed by atoms with Gasteiger partial charge in [-0.2, -0.15) is 5.26 Å². The van der Waals surface area contributed by atoms with Crippen LogP contribution >= 0.6 is 31.9 Å². The van der Waals surface area contributed by atoms with Crippen LogP contribution in [0.1, 0.15) is 12.5 Å². The Kier molecular flexibility index (Phi) is 4.43. The van der Waals surface area contributed by atoms with Crippen molar-refractivity contribution in [1.82, 2.24) is 0 Å². The molecule has 0 atom stereocenters. The van der Waals surface area contributed by atoms with Crippen molar-refractivity contribution < 1.29 is 4.74 Å². The van der Waals surface area contributed by atoms with Crippen molar-refractivity contribution in [1.29, 1.82) is 5.26 Å². The van der Waals surface area contributed by atoms with Crippen molar-refractivity contribution >= 4 is 31.9 Å². The summed E-state index contributed by atoms with van der Waals surface area (Å²) in [6, 6.07) is 5.91. The van der Waals surface area contributed by atoms with Crippen LogP contribution in [0.3, 0.4) is 0 Å². The first-order valence-corrected chi connectivity index (χ1v) is 5.75. The largest absolute Gasteiger partial charge is 0.492 e. The Morgan fingerprint density at radius 3 is 2.36 bits per heavy atom. The van der Waals surface area contributed by atoms with Crippen LogP contribution in [0.15, 0.2) is 21.1 Å². The van der Waals surface area contributed by atoms with E-state index in [2.05, 4.69) is 37.9 Å². The minimum atomic E-state index is 0.406. The van der Waals surface area contributed by atoms with Gasteiger partial charge in [0.05, 0.1) is 28.0 Å². The number of halogens is 2. The molecule has 0 aliphatic rings. The Morgan fingerprint density at radius 1 is 1.36 bits per heavy atom. The summed E-state index contributed by atoms with van der Waals surface area (Å²) >= 11 is 6.81. The number of ether oxygens (including phenoxy) is 1. The molecular weight excluding hydrogens is 310 g/mol.